The van der Waals surface area contributed by atoms with Crippen molar-refractivity contribution < 1.29 is 13.9 Å². The van der Waals surface area contributed by atoms with Crippen LogP contribution in [0.3, 0.4) is 0 Å². The monoisotopic (exact) mass is 352 g/mol. The van der Waals surface area contributed by atoms with Crippen molar-refractivity contribution in [2.24, 2.45) is 10.9 Å². The Bertz CT molecular complexity index is 840. The molecule has 0 aliphatic carbocycles. The number of Topliss-reactive ketones (excluding diaryl/α,β-unsaturated/α-hetero) is 1. The highest BCUT2D eigenvalue weighted by Crippen LogP contribution is 2.24. The van der Waals surface area contributed by atoms with Gasteiger partial charge in [0, 0.05) is 49.1 Å². The third kappa shape index (κ3) is 3.73. The molecule has 1 atom stereocenters. The lowest BCUT2D eigenvalue weighted by molar-refractivity contribution is -0.118. The molecule has 5 heteroatoms. The molecule has 0 bridgehead atoms. The van der Waals surface area contributed by atoms with E-state index in [1.165, 1.54) is 12.1 Å². The van der Waals surface area contributed by atoms with E-state index in [0.717, 1.165) is 54.2 Å². The molecule has 134 valence electrons. The van der Waals surface area contributed by atoms with E-state index in [1.807, 2.05) is 6.07 Å². The summed E-state index contributed by atoms with van der Waals surface area (Å²) >= 11 is 0. The Kier molecular flexibility index (Phi) is 4.89. The van der Waals surface area contributed by atoms with Crippen LogP contribution in [0.15, 0.2) is 41.5 Å². The summed E-state index contributed by atoms with van der Waals surface area (Å²) in [7, 11) is 0. The maximum Gasteiger partial charge on any atom is 0.138 e. The van der Waals surface area contributed by atoms with E-state index >= 15 is 0 Å². The molecule has 3 heterocycles. The summed E-state index contributed by atoms with van der Waals surface area (Å²) in [6.07, 6.45) is 4.71. The minimum Gasteiger partial charge on any atom is -0.381 e. The number of carbonyl (C=O) groups excluding carboxylic acids is 1. The normalized spacial score (nSPS) is 18.7. The van der Waals surface area contributed by atoms with Crippen LogP contribution < -0.4 is 0 Å². The standard InChI is InChI=1S/C21H21FN2O2/c22-17-4-2-15(3-5-17)21-20-12-23-18(9-16(20)11-24-21)10-19(25)6-1-14-7-8-26-13-14/h2-5,9,12,14H,1,6-8,10-11,13H2. The fourth-order valence-electron chi connectivity index (χ4n) is 3.56. The molecule has 26 heavy (non-hydrogen) atoms. The largest absolute Gasteiger partial charge is 0.381 e. The number of hydrogen-bond donors (Lipinski definition) is 0. The Hall–Kier alpha value is -2.40. The topological polar surface area (TPSA) is 51.5 Å². The number of aromatic nitrogens is 1. The Morgan fingerprint density at radius 3 is 2.88 bits per heavy atom. The summed E-state index contributed by atoms with van der Waals surface area (Å²) in [6, 6.07) is 8.31. The number of aliphatic imine (C=N–C) groups is 1. The molecular weight excluding hydrogens is 331 g/mol. The van der Waals surface area contributed by atoms with Crippen LogP contribution in [0.2, 0.25) is 0 Å². The van der Waals surface area contributed by atoms with Crippen LogP contribution in [0.1, 0.15) is 41.6 Å². The minimum absolute atomic E-state index is 0.224. The number of ketones is 1. The van der Waals surface area contributed by atoms with Gasteiger partial charge in [-0.15, -0.1) is 0 Å². The summed E-state index contributed by atoms with van der Waals surface area (Å²) < 4.78 is 18.5. The first-order chi connectivity index (χ1) is 12.7. The van der Waals surface area contributed by atoms with Gasteiger partial charge in [0.1, 0.15) is 11.6 Å². The van der Waals surface area contributed by atoms with Gasteiger partial charge >= 0.3 is 0 Å². The van der Waals surface area contributed by atoms with Gasteiger partial charge in [-0.3, -0.25) is 14.8 Å². The van der Waals surface area contributed by atoms with E-state index in [1.54, 1.807) is 18.3 Å². The molecule has 1 aromatic heterocycles. The second-order valence-electron chi connectivity index (χ2n) is 6.99. The van der Waals surface area contributed by atoms with Crippen LogP contribution in [0.25, 0.3) is 0 Å². The first kappa shape index (κ1) is 17.0. The molecule has 0 spiro atoms. The average Bonchev–Trinajstić information content (AvgIpc) is 3.30. The van der Waals surface area contributed by atoms with E-state index in [9.17, 15) is 9.18 Å². The van der Waals surface area contributed by atoms with Gasteiger partial charge < -0.3 is 4.74 Å². The van der Waals surface area contributed by atoms with E-state index in [4.69, 9.17) is 4.74 Å². The Morgan fingerprint density at radius 2 is 2.12 bits per heavy atom. The number of fused-ring (bicyclic) bond motifs is 1. The van der Waals surface area contributed by atoms with Crippen molar-refractivity contribution in [2.75, 3.05) is 13.2 Å². The molecule has 2 aliphatic rings. The fourth-order valence-corrected chi connectivity index (χ4v) is 3.56. The molecule has 4 nitrogen and oxygen atoms in total. The molecule has 0 N–H and O–H groups in total. The molecular formula is C21H21FN2O2. The molecule has 0 amide bonds. The molecule has 0 radical (unpaired) electrons. The van der Waals surface area contributed by atoms with E-state index < -0.39 is 0 Å². The molecule has 2 aliphatic heterocycles. The zero-order valence-corrected chi connectivity index (χ0v) is 14.6. The molecule has 1 saturated heterocycles. The van der Waals surface area contributed by atoms with Gasteiger partial charge in [0.15, 0.2) is 0 Å². The number of benzene rings is 1. The molecule has 1 unspecified atom stereocenters. The number of hydrogen-bond acceptors (Lipinski definition) is 4. The molecule has 1 fully saturated rings. The van der Waals surface area contributed by atoms with Crippen molar-refractivity contribution in [1.29, 1.82) is 0 Å². The smallest absolute Gasteiger partial charge is 0.138 e. The van der Waals surface area contributed by atoms with E-state index in [2.05, 4.69) is 9.98 Å². The fraction of sp³-hybridized carbons (Fsp3) is 0.381. The molecule has 4 rings (SSSR count). The van der Waals surface area contributed by atoms with Crippen molar-refractivity contribution in [3.63, 3.8) is 0 Å². The lowest BCUT2D eigenvalue weighted by Gasteiger charge is -2.08. The summed E-state index contributed by atoms with van der Waals surface area (Å²) in [5.74, 6) is 0.490. The first-order valence-electron chi connectivity index (χ1n) is 9.07. The number of halogens is 1. The zero-order chi connectivity index (χ0) is 17.9. The Morgan fingerprint density at radius 1 is 1.27 bits per heavy atom. The van der Waals surface area contributed by atoms with Gasteiger partial charge in [-0.2, -0.15) is 0 Å². The number of ether oxygens (including phenoxy) is 1. The summed E-state index contributed by atoms with van der Waals surface area (Å²) in [4.78, 5) is 21.3. The molecule has 2 aromatic rings. The molecule has 0 saturated carbocycles. The van der Waals surface area contributed by atoms with Crippen LogP contribution in [0.4, 0.5) is 4.39 Å². The third-order valence-electron chi connectivity index (χ3n) is 5.06. The number of nitrogens with zero attached hydrogens (tertiary/aromatic N) is 2. The van der Waals surface area contributed by atoms with Crippen LogP contribution in [-0.2, 0) is 22.5 Å². The number of rotatable bonds is 6. The SMILES string of the molecule is O=C(CCC1CCOC1)Cc1cc2c(cn1)C(c1ccc(F)cc1)=NC2. The highest BCUT2D eigenvalue weighted by Gasteiger charge is 2.20. The van der Waals surface area contributed by atoms with Crippen LogP contribution in [-0.4, -0.2) is 29.7 Å². The van der Waals surface area contributed by atoms with Crippen LogP contribution in [0, 0.1) is 11.7 Å². The summed E-state index contributed by atoms with van der Waals surface area (Å²) in [5.41, 5.74) is 4.57. The lowest BCUT2D eigenvalue weighted by Crippen LogP contribution is -2.09. The van der Waals surface area contributed by atoms with Crippen molar-refractivity contribution >= 4 is 11.5 Å². The predicted octanol–water partition coefficient (Wildman–Crippen LogP) is 3.50. The van der Waals surface area contributed by atoms with Crippen LogP contribution >= 0.6 is 0 Å². The van der Waals surface area contributed by atoms with Gasteiger partial charge in [-0.1, -0.05) is 0 Å². The zero-order valence-electron chi connectivity index (χ0n) is 14.6. The third-order valence-corrected chi connectivity index (χ3v) is 5.06. The van der Waals surface area contributed by atoms with Gasteiger partial charge in [-0.25, -0.2) is 4.39 Å². The van der Waals surface area contributed by atoms with Crippen LogP contribution in [0.5, 0.6) is 0 Å². The van der Waals surface area contributed by atoms with Crippen molar-refractivity contribution in [3.8, 4) is 0 Å². The van der Waals surface area contributed by atoms with Crippen molar-refractivity contribution in [2.45, 2.75) is 32.2 Å². The molecule has 1 aromatic carbocycles. The van der Waals surface area contributed by atoms with E-state index in [0.29, 0.717) is 25.3 Å². The summed E-state index contributed by atoms with van der Waals surface area (Å²) in [5, 5.41) is 0. The van der Waals surface area contributed by atoms with Crippen molar-refractivity contribution in [3.05, 3.63) is 64.7 Å². The second kappa shape index (κ2) is 7.46. The highest BCUT2D eigenvalue weighted by atomic mass is 19.1. The maximum absolute atomic E-state index is 13.1. The van der Waals surface area contributed by atoms with Gasteiger partial charge in [0.2, 0.25) is 0 Å². The number of carbonyl (C=O) groups is 1. The van der Waals surface area contributed by atoms with Gasteiger partial charge in [0.05, 0.1) is 12.3 Å². The lowest BCUT2D eigenvalue weighted by atomic mass is 9.98. The van der Waals surface area contributed by atoms with Crippen molar-refractivity contribution in [1.82, 2.24) is 4.98 Å². The maximum atomic E-state index is 13.1. The predicted molar refractivity (Wildman–Crippen MR) is 96.9 cm³/mol. The highest BCUT2D eigenvalue weighted by molar-refractivity contribution is 6.14. The number of pyridine rings is 1. The first-order valence-corrected chi connectivity index (χ1v) is 9.07. The average molecular weight is 352 g/mol. The minimum atomic E-state index is -0.260. The quantitative estimate of drug-likeness (QED) is 0.799. The second-order valence-corrected chi connectivity index (χ2v) is 6.99. The van der Waals surface area contributed by atoms with E-state index in [-0.39, 0.29) is 11.6 Å². The Balaban J connectivity index is 1.40. The van der Waals surface area contributed by atoms with Gasteiger partial charge in [0.25, 0.3) is 0 Å². The Labute approximate surface area is 152 Å². The summed E-state index contributed by atoms with van der Waals surface area (Å²) in [6.45, 7) is 2.18. The van der Waals surface area contributed by atoms with Gasteiger partial charge in [-0.05, 0) is 54.7 Å².